The quantitative estimate of drug-likeness (QED) is 0.457. The lowest BCUT2D eigenvalue weighted by molar-refractivity contribution is 0.537. The summed E-state index contributed by atoms with van der Waals surface area (Å²) in [5, 5.41) is 0. The zero-order valence-corrected chi connectivity index (χ0v) is 18.4. The lowest BCUT2D eigenvalue weighted by atomic mass is 9.70. The number of nitrogens with zero attached hydrogens (tertiary/aromatic N) is 1. The van der Waals surface area contributed by atoms with Crippen molar-refractivity contribution in [2.45, 2.75) is 40.0 Å². The van der Waals surface area contributed by atoms with E-state index in [1.165, 1.54) is 44.6 Å². The predicted octanol–water partition coefficient (Wildman–Crippen LogP) is 7.27. The molecule has 3 aliphatic carbocycles. The summed E-state index contributed by atoms with van der Waals surface area (Å²) < 4.78 is 0.899. The first-order valence-electron chi connectivity index (χ1n) is 9.97. The van der Waals surface area contributed by atoms with Crippen molar-refractivity contribution in [3.8, 4) is 0 Å². The molecule has 140 valence electrons. The van der Waals surface area contributed by atoms with Gasteiger partial charge in [-0.05, 0) is 80.4 Å². The number of pyridine rings is 1. The van der Waals surface area contributed by atoms with E-state index in [1.54, 1.807) is 0 Å². The summed E-state index contributed by atoms with van der Waals surface area (Å²) in [5.41, 5.74) is 12.4. The molecule has 1 nitrogen and oxygen atoms in total. The number of fused-ring (bicyclic) bond motifs is 3. The van der Waals surface area contributed by atoms with Gasteiger partial charge in [-0.25, -0.2) is 4.98 Å². The molecule has 2 heteroatoms. The van der Waals surface area contributed by atoms with E-state index >= 15 is 0 Å². The maximum atomic E-state index is 4.77. The molecule has 0 spiro atoms. The van der Waals surface area contributed by atoms with Crippen molar-refractivity contribution < 1.29 is 0 Å². The highest BCUT2D eigenvalue weighted by molar-refractivity contribution is 9.10. The molecule has 0 aliphatic heterocycles. The Labute approximate surface area is 175 Å². The van der Waals surface area contributed by atoms with Crippen LogP contribution < -0.4 is 0 Å². The first kappa shape index (κ1) is 17.9. The molecule has 5 rings (SSSR count). The van der Waals surface area contributed by atoms with Gasteiger partial charge in [-0.1, -0.05) is 68.8 Å². The first-order valence-corrected chi connectivity index (χ1v) is 10.8. The molecule has 1 aromatic heterocycles. The second kappa shape index (κ2) is 6.15. The van der Waals surface area contributed by atoms with E-state index in [1.807, 2.05) is 0 Å². The number of aromatic nitrogens is 1. The van der Waals surface area contributed by atoms with Crippen LogP contribution in [0.15, 0.2) is 74.9 Å². The van der Waals surface area contributed by atoms with E-state index in [2.05, 4.69) is 98.3 Å². The highest BCUT2D eigenvalue weighted by Gasteiger charge is 2.39. The van der Waals surface area contributed by atoms with Crippen molar-refractivity contribution in [2.75, 3.05) is 0 Å². The molecule has 2 aromatic rings. The highest BCUT2D eigenvalue weighted by Crippen LogP contribution is 2.54. The summed E-state index contributed by atoms with van der Waals surface area (Å²) in [4.78, 5) is 4.77. The molecule has 0 amide bonds. The summed E-state index contributed by atoms with van der Waals surface area (Å²) in [5.74, 6) is 0.369. The Morgan fingerprint density at radius 1 is 1.04 bits per heavy atom. The molecule has 3 aliphatic rings. The van der Waals surface area contributed by atoms with Gasteiger partial charge in [0, 0.05) is 11.3 Å². The van der Waals surface area contributed by atoms with Crippen LogP contribution >= 0.6 is 15.9 Å². The van der Waals surface area contributed by atoms with Crippen LogP contribution in [0.5, 0.6) is 0 Å². The lowest BCUT2D eigenvalue weighted by Crippen LogP contribution is -2.21. The number of hydrogen-bond donors (Lipinski definition) is 0. The van der Waals surface area contributed by atoms with E-state index in [-0.39, 0.29) is 5.41 Å². The summed E-state index contributed by atoms with van der Waals surface area (Å²) in [6.07, 6.45) is 8.16. The minimum absolute atomic E-state index is 0.0174. The predicted molar refractivity (Wildman–Crippen MR) is 121 cm³/mol. The average molecular weight is 430 g/mol. The normalized spacial score (nSPS) is 20.3. The minimum Gasteiger partial charge on any atom is -0.241 e. The molecule has 0 saturated carbocycles. The fourth-order valence-electron chi connectivity index (χ4n) is 5.17. The van der Waals surface area contributed by atoms with Crippen LogP contribution in [0.4, 0.5) is 0 Å². The maximum Gasteiger partial charge on any atom is 0.106 e. The van der Waals surface area contributed by atoms with Gasteiger partial charge in [-0.3, -0.25) is 0 Å². The molecular weight excluding hydrogens is 406 g/mol. The van der Waals surface area contributed by atoms with Crippen LogP contribution in [-0.4, -0.2) is 4.98 Å². The molecule has 1 unspecified atom stereocenters. The standard InChI is InChI=1S/C26H24BrN/c1-15-11-21-16(2)20-9-10-24(27)28-23(20)14-22(21)25(15)26(3,4)19-12-17-7-5-6-8-18(17)13-19/h5-12,14,16H,13H2,1-4H3. The molecular formula is C26H24BrN. The Hall–Kier alpha value is -2.19. The van der Waals surface area contributed by atoms with Crippen molar-refractivity contribution >= 4 is 28.1 Å². The van der Waals surface area contributed by atoms with Crippen LogP contribution in [0.1, 0.15) is 56.0 Å². The maximum absolute atomic E-state index is 4.77. The molecule has 1 aromatic carbocycles. The number of halogens is 1. The molecule has 1 heterocycles. The van der Waals surface area contributed by atoms with E-state index in [4.69, 9.17) is 4.98 Å². The van der Waals surface area contributed by atoms with Gasteiger partial charge < -0.3 is 0 Å². The molecule has 0 radical (unpaired) electrons. The minimum atomic E-state index is -0.0174. The Morgan fingerprint density at radius 3 is 2.61 bits per heavy atom. The number of benzene rings is 1. The van der Waals surface area contributed by atoms with Crippen LogP contribution in [0, 0.1) is 5.41 Å². The summed E-state index contributed by atoms with van der Waals surface area (Å²) >= 11 is 3.54. The number of allylic oxidation sites excluding steroid dienone is 6. The second-order valence-corrected chi connectivity index (χ2v) is 9.53. The molecule has 0 fully saturated rings. The fourth-order valence-corrected chi connectivity index (χ4v) is 5.50. The highest BCUT2D eigenvalue weighted by atomic mass is 79.9. The van der Waals surface area contributed by atoms with Gasteiger partial charge in [0.05, 0.1) is 5.69 Å². The third kappa shape index (κ3) is 2.54. The number of rotatable bonds is 2. The third-order valence-corrected chi connectivity index (χ3v) is 7.12. The molecule has 0 N–H and O–H groups in total. The molecule has 28 heavy (non-hydrogen) atoms. The zero-order chi connectivity index (χ0) is 19.6. The Kier molecular flexibility index (Phi) is 3.93. The van der Waals surface area contributed by atoms with E-state index in [0.29, 0.717) is 5.92 Å². The van der Waals surface area contributed by atoms with Crippen molar-refractivity contribution in [1.29, 1.82) is 0 Å². The van der Waals surface area contributed by atoms with Gasteiger partial charge in [0.15, 0.2) is 0 Å². The number of hydrogen-bond acceptors (Lipinski definition) is 1. The molecule has 0 bridgehead atoms. The van der Waals surface area contributed by atoms with Crippen LogP contribution in [0.3, 0.4) is 0 Å². The largest absolute Gasteiger partial charge is 0.241 e. The summed E-state index contributed by atoms with van der Waals surface area (Å²) in [6, 6.07) is 13.0. The Balaban J connectivity index is 1.61. The Morgan fingerprint density at radius 2 is 1.82 bits per heavy atom. The third-order valence-electron chi connectivity index (χ3n) is 6.68. The molecule has 0 saturated heterocycles. The van der Waals surface area contributed by atoms with Gasteiger partial charge in [0.25, 0.3) is 0 Å². The van der Waals surface area contributed by atoms with Crippen LogP contribution in [-0.2, 0) is 6.42 Å². The monoisotopic (exact) mass is 429 g/mol. The fraction of sp³-hybridized carbons (Fsp3) is 0.269. The van der Waals surface area contributed by atoms with Crippen molar-refractivity contribution in [1.82, 2.24) is 4.98 Å². The van der Waals surface area contributed by atoms with Crippen molar-refractivity contribution in [3.63, 3.8) is 0 Å². The van der Waals surface area contributed by atoms with Crippen LogP contribution in [0.25, 0.3) is 12.2 Å². The van der Waals surface area contributed by atoms with Gasteiger partial charge in [0.2, 0.25) is 0 Å². The van der Waals surface area contributed by atoms with E-state index < -0.39 is 0 Å². The van der Waals surface area contributed by atoms with E-state index in [0.717, 1.165) is 16.7 Å². The lowest BCUT2D eigenvalue weighted by Gasteiger charge is -2.34. The van der Waals surface area contributed by atoms with Gasteiger partial charge in [0.1, 0.15) is 4.60 Å². The van der Waals surface area contributed by atoms with Crippen molar-refractivity contribution in [3.05, 3.63) is 97.3 Å². The van der Waals surface area contributed by atoms with E-state index in [9.17, 15) is 0 Å². The van der Waals surface area contributed by atoms with Gasteiger partial charge in [-0.2, -0.15) is 0 Å². The SMILES string of the molecule is CC1=C(C(C)(C)C2=Cc3ccccc3C2)C2=Cc3nc(Br)ccc3C(C)C2=C1. The van der Waals surface area contributed by atoms with Crippen molar-refractivity contribution in [2.24, 2.45) is 5.41 Å². The van der Waals surface area contributed by atoms with Crippen LogP contribution in [0.2, 0.25) is 0 Å². The summed E-state index contributed by atoms with van der Waals surface area (Å²) in [7, 11) is 0. The molecule has 1 atom stereocenters. The zero-order valence-electron chi connectivity index (χ0n) is 16.8. The topological polar surface area (TPSA) is 12.9 Å². The van der Waals surface area contributed by atoms with Gasteiger partial charge >= 0.3 is 0 Å². The first-order chi connectivity index (χ1) is 13.4. The van der Waals surface area contributed by atoms with Gasteiger partial charge in [-0.15, -0.1) is 0 Å². The Bertz CT molecular complexity index is 1140. The second-order valence-electron chi connectivity index (χ2n) is 8.72. The average Bonchev–Trinajstić information content (AvgIpc) is 3.23. The smallest absolute Gasteiger partial charge is 0.106 e. The summed E-state index contributed by atoms with van der Waals surface area (Å²) in [6.45, 7) is 9.35.